The second-order valence-corrected chi connectivity index (χ2v) is 6.53. The molecule has 0 aliphatic rings. The number of benzene rings is 1. The van der Waals surface area contributed by atoms with Gasteiger partial charge in [0.25, 0.3) is 0 Å². The third-order valence-corrected chi connectivity index (χ3v) is 3.18. The molecule has 0 amide bonds. The van der Waals surface area contributed by atoms with E-state index >= 15 is 0 Å². The Morgan fingerprint density at radius 1 is 1.19 bits per heavy atom. The quantitative estimate of drug-likeness (QED) is 0.887. The number of hydrogen-bond donors (Lipinski definition) is 1. The molecule has 112 valence electrons. The summed E-state index contributed by atoms with van der Waals surface area (Å²) in [6, 6.07) is 9.49. The molecule has 0 aliphatic heterocycles. The van der Waals surface area contributed by atoms with Gasteiger partial charge >= 0.3 is 0 Å². The molecule has 0 atom stereocenters. The lowest BCUT2D eigenvalue weighted by molar-refractivity contribution is 0.414. The number of nitrogens with zero attached hydrogens (tertiary/aromatic N) is 1. The summed E-state index contributed by atoms with van der Waals surface area (Å²) in [5, 5.41) is 4.15. The van der Waals surface area contributed by atoms with Gasteiger partial charge in [0.05, 0.1) is 6.20 Å². The third kappa shape index (κ3) is 5.03. The summed E-state index contributed by atoms with van der Waals surface area (Å²) in [5.74, 6) is 1.52. The Labute approximate surface area is 131 Å². The van der Waals surface area contributed by atoms with Gasteiger partial charge in [-0.25, -0.2) is 0 Å². The van der Waals surface area contributed by atoms with Crippen molar-refractivity contribution in [3.05, 3.63) is 52.8 Å². The number of halogens is 1. The molecule has 0 saturated heterocycles. The van der Waals surface area contributed by atoms with E-state index in [1.165, 1.54) is 0 Å². The highest BCUT2D eigenvalue weighted by molar-refractivity contribution is 6.30. The predicted molar refractivity (Wildman–Crippen MR) is 87.1 cm³/mol. The monoisotopic (exact) mass is 304 g/mol. The SMILES string of the molecule is Cc1ccc(Oc2ccc(Cl)cc2CNC(C)(C)C)cn1. The highest BCUT2D eigenvalue weighted by Crippen LogP contribution is 2.28. The summed E-state index contributed by atoms with van der Waals surface area (Å²) < 4.78 is 5.92. The first-order valence-corrected chi connectivity index (χ1v) is 7.35. The highest BCUT2D eigenvalue weighted by Gasteiger charge is 2.12. The molecule has 0 aliphatic carbocycles. The van der Waals surface area contributed by atoms with Crippen LogP contribution in [-0.2, 0) is 6.54 Å². The van der Waals surface area contributed by atoms with E-state index in [1.807, 2.05) is 37.3 Å². The molecule has 0 fully saturated rings. The van der Waals surface area contributed by atoms with Gasteiger partial charge in [-0.1, -0.05) is 11.6 Å². The number of nitrogens with one attached hydrogen (secondary N) is 1. The minimum Gasteiger partial charge on any atom is -0.455 e. The Bertz CT molecular complexity index is 603. The molecule has 0 unspecified atom stereocenters. The molecule has 0 bridgehead atoms. The van der Waals surface area contributed by atoms with Gasteiger partial charge in [0, 0.05) is 28.4 Å². The van der Waals surface area contributed by atoms with Crippen molar-refractivity contribution in [1.82, 2.24) is 10.3 Å². The Morgan fingerprint density at radius 2 is 1.95 bits per heavy atom. The topological polar surface area (TPSA) is 34.1 Å². The molecule has 4 heteroatoms. The van der Waals surface area contributed by atoms with E-state index in [0.717, 1.165) is 22.8 Å². The van der Waals surface area contributed by atoms with E-state index in [2.05, 4.69) is 31.1 Å². The lowest BCUT2D eigenvalue weighted by Gasteiger charge is -2.21. The average Bonchev–Trinajstić information content (AvgIpc) is 2.40. The van der Waals surface area contributed by atoms with Crippen LogP contribution in [0.15, 0.2) is 36.5 Å². The van der Waals surface area contributed by atoms with Gasteiger partial charge < -0.3 is 10.1 Å². The summed E-state index contributed by atoms with van der Waals surface area (Å²) in [5.41, 5.74) is 2.02. The van der Waals surface area contributed by atoms with Gasteiger partial charge in [-0.15, -0.1) is 0 Å². The van der Waals surface area contributed by atoms with E-state index in [-0.39, 0.29) is 5.54 Å². The largest absolute Gasteiger partial charge is 0.455 e. The fourth-order valence-corrected chi connectivity index (χ4v) is 1.98. The van der Waals surface area contributed by atoms with Crippen molar-refractivity contribution < 1.29 is 4.74 Å². The summed E-state index contributed by atoms with van der Waals surface area (Å²) in [6.45, 7) is 9.02. The van der Waals surface area contributed by atoms with Crippen LogP contribution in [0.1, 0.15) is 32.0 Å². The Kier molecular flexibility index (Phi) is 4.86. The van der Waals surface area contributed by atoms with Crippen LogP contribution in [0.4, 0.5) is 0 Å². The van der Waals surface area contributed by atoms with Crippen LogP contribution in [-0.4, -0.2) is 10.5 Å². The van der Waals surface area contributed by atoms with Crippen LogP contribution >= 0.6 is 11.6 Å². The lowest BCUT2D eigenvalue weighted by Crippen LogP contribution is -2.35. The first kappa shape index (κ1) is 15.8. The van der Waals surface area contributed by atoms with Gasteiger partial charge in [0.15, 0.2) is 0 Å². The first-order chi connectivity index (χ1) is 9.83. The van der Waals surface area contributed by atoms with Crippen LogP contribution in [0.2, 0.25) is 5.02 Å². The van der Waals surface area contributed by atoms with Crippen LogP contribution < -0.4 is 10.1 Å². The van der Waals surface area contributed by atoms with Crippen molar-refractivity contribution in [2.75, 3.05) is 0 Å². The van der Waals surface area contributed by atoms with E-state index in [9.17, 15) is 0 Å². The van der Waals surface area contributed by atoms with Gasteiger partial charge in [-0.05, 0) is 58.0 Å². The summed E-state index contributed by atoms with van der Waals surface area (Å²) in [6.07, 6.45) is 1.73. The Balaban J connectivity index is 2.20. The molecule has 1 aromatic heterocycles. The molecule has 21 heavy (non-hydrogen) atoms. The van der Waals surface area contributed by atoms with Gasteiger partial charge in [0.2, 0.25) is 0 Å². The van der Waals surface area contributed by atoms with E-state index in [4.69, 9.17) is 16.3 Å². The van der Waals surface area contributed by atoms with Gasteiger partial charge in [-0.3, -0.25) is 4.98 Å². The molecule has 2 rings (SSSR count). The second-order valence-electron chi connectivity index (χ2n) is 6.09. The van der Waals surface area contributed by atoms with Gasteiger partial charge in [-0.2, -0.15) is 0 Å². The summed E-state index contributed by atoms with van der Waals surface area (Å²) in [7, 11) is 0. The molecular weight excluding hydrogens is 284 g/mol. The maximum absolute atomic E-state index is 6.09. The zero-order valence-electron chi connectivity index (χ0n) is 12.9. The van der Waals surface area contributed by atoms with Gasteiger partial charge in [0.1, 0.15) is 11.5 Å². The Hall–Kier alpha value is -1.58. The first-order valence-electron chi connectivity index (χ1n) is 6.97. The maximum atomic E-state index is 6.09. The predicted octanol–water partition coefficient (Wildman–Crippen LogP) is 4.72. The minimum atomic E-state index is 0.0327. The molecule has 2 aromatic rings. The summed E-state index contributed by atoms with van der Waals surface area (Å²) in [4.78, 5) is 4.24. The number of rotatable bonds is 4. The molecule has 0 spiro atoms. The normalized spacial score (nSPS) is 11.5. The highest BCUT2D eigenvalue weighted by atomic mass is 35.5. The van der Waals surface area contributed by atoms with Crippen molar-refractivity contribution >= 4 is 11.6 Å². The maximum Gasteiger partial charge on any atom is 0.145 e. The molecule has 1 aromatic carbocycles. The smallest absolute Gasteiger partial charge is 0.145 e. The fraction of sp³-hybridized carbons (Fsp3) is 0.353. The minimum absolute atomic E-state index is 0.0327. The number of ether oxygens (including phenoxy) is 1. The van der Waals surface area contributed by atoms with Crippen molar-refractivity contribution in [2.24, 2.45) is 0 Å². The second kappa shape index (κ2) is 6.46. The number of aromatic nitrogens is 1. The average molecular weight is 305 g/mol. The van der Waals surface area contributed by atoms with Crippen molar-refractivity contribution in [1.29, 1.82) is 0 Å². The van der Waals surface area contributed by atoms with Crippen molar-refractivity contribution in [2.45, 2.75) is 39.8 Å². The summed E-state index contributed by atoms with van der Waals surface area (Å²) >= 11 is 6.09. The van der Waals surface area contributed by atoms with Crippen molar-refractivity contribution in [3.63, 3.8) is 0 Å². The number of pyridine rings is 1. The fourth-order valence-electron chi connectivity index (χ4n) is 1.79. The number of hydrogen-bond acceptors (Lipinski definition) is 3. The molecule has 3 nitrogen and oxygen atoms in total. The molecular formula is C17H21ClN2O. The van der Waals surface area contributed by atoms with E-state index < -0.39 is 0 Å². The number of aryl methyl sites for hydroxylation is 1. The molecule has 0 radical (unpaired) electrons. The van der Waals surface area contributed by atoms with Crippen LogP contribution in [0.5, 0.6) is 11.5 Å². The van der Waals surface area contributed by atoms with E-state index in [1.54, 1.807) is 6.20 Å². The zero-order valence-corrected chi connectivity index (χ0v) is 13.7. The molecule has 1 N–H and O–H groups in total. The van der Waals surface area contributed by atoms with Crippen LogP contribution in [0, 0.1) is 6.92 Å². The zero-order chi connectivity index (χ0) is 15.5. The van der Waals surface area contributed by atoms with Crippen LogP contribution in [0.25, 0.3) is 0 Å². The third-order valence-electron chi connectivity index (χ3n) is 2.94. The Morgan fingerprint density at radius 3 is 2.57 bits per heavy atom. The van der Waals surface area contributed by atoms with E-state index in [0.29, 0.717) is 11.6 Å². The standard InChI is InChI=1S/C17H21ClN2O/c1-12-5-7-15(11-19-12)21-16-8-6-14(18)9-13(16)10-20-17(2,3)4/h5-9,11,20H,10H2,1-4H3. The molecule has 1 heterocycles. The lowest BCUT2D eigenvalue weighted by atomic mass is 10.1. The molecule has 0 saturated carbocycles. The van der Waals surface area contributed by atoms with Crippen LogP contribution in [0.3, 0.4) is 0 Å². The van der Waals surface area contributed by atoms with Crippen molar-refractivity contribution in [3.8, 4) is 11.5 Å².